The minimum atomic E-state index is -0.211. The lowest BCUT2D eigenvalue weighted by atomic mass is 9.75. The highest BCUT2D eigenvalue weighted by molar-refractivity contribution is 6.09. The van der Waals surface area contributed by atoms with Gasteiger partial charge in [-0.15, -0.1) is 0 Å². The SMILES string of the molecule is [2H]/C(=C(/[2H])c1ccc2c(c1)C(C)(C)C1=C2C(C)(C)c2ccccc21)c1ccc(N(c2ccccc2)c2ccc3c(c2)-c2ccccc2C3c2ccccc2)cc1. The Morgan fingerprint density at radius 2 is 0.981 bits per heavy atom. The summed E-state index contributed by atoms with van der Waals surface area (Å²) in [4.78, 5) is 2.28. The van der Waals surface area contributed by atoms with E-state index in [2.05, 4.69) is 178 Å². The molecule has 0 spiro atoms. The summed E-state index contributed by atoms with van der Waals surface area (Å²) < 4.78 is 18.5. The molecule has 0 bridgehead atoms. The Balaban J connectivity index is 1.00. The second kappa shape index (κ2) is 12.2. The average Bonchev–Trinajstić information content (AvgIpc) is 3.79. The summed E-state index contributed by atoms with van der Waals surface area (Å²) >= 11 is 0. The Hall–Kier alpha value is -6.18. The van der Waals surface area contributed by atoms with E-state index < -0.39 is 0 Å². The summed E-state index contributed by atoms with van der Waals surface area (Å²) in [5, 5.41) is 0. The number of rotatable bonds is 6. The normalized spacial score (nSPS) is 17.7. The average molecular weight is 696 g/mol. The molecule has 0 aliphatic heterocycles. The molecule has 260 valence electrons. The van der Waals surface area contributed by atoms with Gasteiger partial charge in [-0.3, -0.25) is 0 Å². The van der Waals surface area contributed by atoms with Crippen molar-refractivity contribution in [1.29, 1.82) is 0 Å². The van der Waals surface area contributed by atoms with E-state index in [1.165, 1.54) is 61.2 Å². The molecular weight excluding hydrogens is 651 g/mol. The smallest absolute Gasteiger partial charge is 0.0629 e. The first-order valence-electron chi connectivity index (χ1n) is 20.1. The van der Waals surface area contributed by atoms with Crippen LogP contribution in [0.5, 0.6) is 0 Å². The molecule has 0 heterocycles. The fourth-order valence-corrected chi connectivity index (χ4v) is 9.64. The number of benzene rings is 7. The van der Waals surface area contributed by atoms with Crippen molar-refractivity contribution in [1.82, 2.24) is 0 Å². The van der Waals surface area contributed by atoms with Gasteiger partial charge in [0.05, 0.1) is 2.74 Å². The second-order valence-electron chi connectivity index (χ2n) is 16.0. The zero-order valence-electron chi connectivity index (χ0n) is 33.2. The standard InChI is InChI=1S/C53H43N/c1-52(2)47-22-14-13-21-44(47)50-51(52)45-31-27-36(33-48(45)53(50,3)4)24-23-35-25-28-39(29-26-35)54(38-17-9-6-10-18-38)40-30-32-43-46(34-40)41-19-11-12-20-42(41)49(43)37-15-7-5-8-16-37/h5-34,49H,1-4H3/b24-23+/i23D,24D. The molecule has 0 amide bonds. The highest BCUT2D eigenvalue weighted by Crippen LogP contribution is 2.62. The third kappa shape index (κ3) is 4.92. The highest BCUT2D eigenvalue weighted by atomic mass is 15.1. The van der Waals surface area contributed by atoms with Gasteiger partial charge in [0.1, 0.15) is 0 Å². The molecule has 10 rings (SSSR count). The maximum atomic E-state index is 9.29. The van der Waals surface area contributed by atoms with Crippen LogP contribution < -0.4 is 4.90 Å². The van der Waals surface area contributed by atoms with Crippen molar-refractivity contribution < 1.29 is 2.74 Å². The van der Waals surface area contributed by atoms with Crippen molar-refractivity contribution in [2.24, 2.45) is 0 Å². The molecule has 0 aromatic heterocycles. The van der Waals surface area contributed by atoms with Crippen molar-refractivity contribution in [2.75, 3.05) is 4.90 Å². The Kier molecular flexibility index (Phi) is 6.84. The first kappa shape index (κ1) is 30.3. The maximum Gasteiger partial charge on any atom is 0.0629 e. The lowest BCUT2D eigenvalue weighted by Crippen LogP contribution is -2.19. The van der Waals surface area contributed by atoms with Crippen LogP contribution in [0.1, 0.15) is 86.4 Å². The van der Waals surface area contributed by atoms with Gasteiger partial charge >= 0.3 is 0 Å². The van der Waals surface area contributed by atoms with Crippen LogP contribution in [-0.2, 0) is 10.8 Å². The van der Waals surface area contributed by atoms with Gasteiger partial charge < -0.3 is 4.90 Å². The lowest BCUT2D eigenvalue weighted by Gasteiger charge is -2.28. The molecule has 0 saturated heterocycles. The van der Waals surface area contributed by atoms with Crippen molar-refractivity contribution in [2.45, 2.75) is 44.4 Å². The molecule has 0 fully saturated rings. The van der Waals surface area contributed by atoms with Crippen molar-refractivity contribution in [3.05, 3.63) is 220 Å². The predicted octanol–water partition coefficient (Wildman–Crippen LogP) is 14.0. The van der Waals surface area contributed by atoms with E-state index >= 15 is 0 Å². The molecule has 1 atom stereocenters. The molecule has 3 aliphatic rings. The fraction of sp³-hybridized carbons (Fsp3) is 0.132. The van der Waals surface area contributed by atoms with E-state index in [4.69, 9.17) is 0 Å². The summed E-state index contributed by atoms with van der Waals surface area (Å²) in [6.45, 7) is 9.28. The van der Waals surface area contributed by atoms with E-state index in [9.17, 15) is 2.74 Å². The maximum absolute atomic E-state index is 9.29. The number of nitrogens with zero attached hydrogens (tertiary/aromatic N) is 1. The van der Waals surface area contributed by atoms with Crippen molar-refractivity contribution >= 4 is 40.3 Å². The van der Waals surface area contributed by atoms with Gasteiger partial charge in [-0.05, 0) is 109 Å². The summed E-state index contributed by atoms with van der Waals surface area (Å²) in [7, 11) is 0. The van der Waals surface area contributed by atoms with Crippen LogP contribution >= 0.6 is 0 Å². The van der Waals surface area contributed by atoms with Crippen LogP contribution in [0, 0.1) is 0 Å². The minimum absolute atomic E-state index is 0.0968. The lowest BCUT2D eigenvalue weighted by molar-refractivity contribution is 0.694. The van der Waals surface area contributed by atoms with Crippen molar-refractivity contribution in [3.63, 3.8) is 0 Å². The first-order valence-corrected chi connectivity index (χ1v) is 19.1. The zero-order valence-corrected chi connectivity index (χ0v) is 31.2. The van der Waals surface area contributed by atoms with Crippen LogP contribution in [0.2, 0.25) is 0 Å². The molecular formula is C53H43N. The van der Waals surface area contributed by atoms with E-state index in [0.717, 1.165) is 28.2 Å². The van der Waals surface area contributed by atoms with Crippen LogP contribution in [0.25, 0.3) is 34.4 Å². The van der Waals surface area contributed by atoms with Gasteiger partial charge in [0.2, 0.25) is 0 Å². The summed E-state index contributed by atoms with van der Waals surface area (Å²) in [6.07, 6.45) is 0. The molecule has 54 heavy (non-hydrogen) atoms. The predicted molar refractivity (Wildman–Crippen MR) is 229 cm³/mol. The highest BCUT2D eigenvalue weighted by Gasteiger charge is 2.49. The quantitative estimate of drug-likeness (QED) is 0.157. The van der Waals surface area contributed by atoms with Crippen molar-refractivity contribution in [3.8, 4) is 11.1 Å². The van der Waals surface area contributed by atoms with Gasteiger partial charge in [-0.2, -0.15) is 0 Å². The topological polar surface area (TPSA) is 3.24 Å². The van der Waals surface area contributed by atoms with Gasteiger partial charge in [-0.25, -0.2) is 0 Å². The number of hydrogen-bond acceptors (Lipinski definition) is 1. The Bertz CT molecular complexity index is 2750. The second-order valence-corrected chi connectivity index (χ2v) is 16.0. The van der Waals surface area contributed by atoms with Crippen LogP contribution in [0.15, 0.2) is 170 Å². The van der Waals surface area contributed by atoms with Gasteiger partial charge in [0, 0.05) is 33.8 Å². The zero-order chi connectivity index (χ0) is 38.3. The van der Waals surface area contributed by atoms with E-state index in [1.807, 2.05) is 24.3 Å². The number of para-hydroxylation sites is 1. The third-order valence-corrected chi connectivity index (χ3v) is 12.1. The number of fused-ring (bicyclic) bond motifs is 7. The van der Waals surface area contributed by atoms with E-state index in [-0.39, 0.29) is 28.9 Å². The number of hydrogen-bond donors (Lipinski definition) is 0. The van der Waals surface area contributed by atoms with Gasteiger partial charge in [0.15, 0.2) is 0 Å². The Morgan fingerprint density at radius 1 is 0.444 bits per heavy atom. The van der Waals surface area contributed by atoms with Crippen LogP contribution in [0.3, 0.4) is 0 Å². The number of allylic oxidation sites excluding steroid dienone is 2. The van der Waals surface area contributed by atoms with Crippen LogP contribution in [0.4, 0.5) is 17.1 Å². The van der Waals surface area contributed by atoms with E-state index in [1.54, 1.807) is 0 Å². The van der Waals surface area contributed by atoms with Gasteiger partial charge in [-0.1, -0.05) is 173 Å². The van der Waals surface area contributed by atoms with Crippen LogP contribution in [-0.4, -0.2) is 0 Å². The third-order valence-electron chi connectivity index (χ3n) is 12.1. The fourth-order valence-electron chi connectivity index (χ4n) is 9.64. The summed E-state index contributed by atoms with van der Waals surface area (Å²) in [6, 6.07) is 60.7. The molecule has 0 saturated carbocycles. The van der Waals surface area contributed by atoms with Gasteiger partial charge in [0.25, 0.3) is 0 Å². The number of anilines is 3. The molecule has 1 nitrogen and oxygen atoms in total. The first-order chi connectivity index (χ1) is 27.1. The molecule has 1 heteroatoms. The molecule has 0 N–H and O–H groups in total. The largest absolute Gasteiger partial charge is 0.310 e. The molecule has 7 aromatic carbocycles. The minimum Gasteiger partial charge on any atom is -0.310 e. The van der Waals surface area contributed by atoms with E-state index in [0.29, 0.717) is 0 Å². The Labute approximate surface area is 322 Å². The molecule has 7 aromatic rings. The summed E-state index contributed by atoms with van der Waals surface area (Å²) in [5.74, 6) is 0.194. The Morgan fingerprint density at radius 3 is 1.74 bits per heavy atom. The summed E-state index contributed by atoms with van der Waals surface area (Å²) in [5.41, 5.74) is 18.8. The molecule has 3 aliphatic carbocycles. The molecule has 1 unspecified atom stereocenters. The monoisotopic (exact) mass is 695 g/mol. The molecule has 0 radical (unpaired) electrons.